The normalized spacial score (nSPS) is 11.2. The van der Waals surface area contributed by atoms with E-state index in [2.05, 4.69) is 20.1 Å². The molecule has 0 aliphatic carbocycles. The molecule has 5 rings (SSSR count). The van der Waals surface area contributed by atoms with E-state index in [9.17, 15) is 4.79 Å². The van der Waals surface area contributed by atoms with Gasteiger partial charge in [-0.3, -0.25) is 14.3 Å². The second kappa shape index (κ2) is 12.8. The first-order chi connectivity index (χ1) is 19.1. The van der Waals surface area contributed by atoms with E-state index in [4.69, 9.17) is 4.98 Å². The molecule has 0 N–H and O–H groups in total. The van der Waals surface area contributed by atoms with E-state index in [1.807, 2.05) is 102 Å². The number of likely N-dealkylation sites (N-methyl/N-ethyl adjacent to an activating group) is 1. The van der Waals surface area contributed by atoms with Crippen LogP contribution in [0, 0.1) is 0 Å². The van der Waals surface area contributed by atoms with Gasteiger partial charge in [-0.1, -0.05) is 60.3 Å². The number of hydrogen-bond acceptors (Lipinski definition) is 8. The van der Waals surface area contributed by atoms with E-state index in [1.54, 1.807) is 24.2 Å². The molecule has 0 saturated heterocycles. The molecule has 2 aromatic carbocycles. The number of rotatable bonds is 11. The monoisotopic (exact) mass is 555 g/mol. The summed E-state index contributed by atoms with van der Waals surface area (Å²) in [5, 5.41) is 12.4. The highest BCUT2D eigenvalue weighted by Crippen LogP contribution is 2.30. The van der Waals surface area contributed by atoms with Crippen LogP contribution in [0.4, 0.5) is 0 Å². The lowest BCUT2D eigenvalue weighted by Gasteiger charge is -2.24. The molecule has 3 heterocycles. The number of amides is 1. The first-order valence-electron chi connectivity index (χ1n) is 12.5. The third-order valence-electron chi connectivity index (χ3n) is 5.98. The van der Waals surface area contributed by atoms with Gasteiger partial charge in [0.2, 0.25) is 0 Å². The molecule has 0 fully saturated rings. The third kappa shape index (κ3) is 6.78. The third-order valence-corrected chi connectivity index (χ3v) is 7.96. The Labute approximate surface area is 236 Å². The summed E-state index contributed by atoms with van der Waals surface area (Å²) < 4.78 is 2.03. The predicted octanol–water partition coefficient (Wildman–Crippen LogP) is 5.28. The second-order valence-electron chi connectivity index (χ2n) is 9.15. The Hall–Kier alpha value is -3.86. The maximum Gasteiger partial charge on any atom is 0.273 e. The van der Waals surface area contributed by atoms with Gasteiger partial charge >= 0.3 is 0 Å². The maximum atomic E-state index is 13.5. The molecule has 0 aliphatic rings. The number of thiazole rings is 1. The van der Waals surface area contributed by atoms with Crippen molar-refractivity contribution in [2.75, 3.05) is 27.2 Å². The topological polar surface area (TPSA) is 80.0 Å². The summed E-state index contributed by atoms with van der Waals surface area (Å²) in [6, 6.07) is 24.0. The van der Waals surface area contributed by atoms with Crippen molar-refractivity contribution >= 4 is 29.0 Å². The minimum Gasteiger partial charge on any atom is -0.332 e. The fourth-order valence-corrected chi connectivity index (χ4v) is 5.73. The smallest absolute Gasteiger partial charge is 0.273 e. The van der Waals surface area contributed by atoms with Gasteiger partial charge in [0.05, 0.1) is 5.75 Å². The maximum absolute atomic E-state index is 13.5. The molecule has 3 aromatic heterocycles. The largest absolute Gasteiger partial charge is 0.332 e. The zero-order chi connectivity index (χ0) is 27.0. The Bertz CT molecular complexity index is 1490. The van der Waals surface area contributed by atoms with Crippen molar-refractivity contribution in [1.29, 1.82) is 0 Å². The van der Waals surface area contributed by atoms with Crippen molar-refractivity contribution in [3.05, 3.63) is 107 Å². The van der Waals surface area contributed by atoms with Gasteiger partial charge in [-0.15, -0.1) is 21.5 Å². The van der Waals surface area contributed by atoms with E-state index in [0.29, 0.717) is 24.5 Å². The zero-order valence-corrected chi connectivity index (χ0v) is 23.5. The molecule has 0 atom stereocenters. The van der Waals surface area contributed by atoms with Gasteiger partial charge < -0.3 is 9.80 Å². The summed E-state index contributed by atoms with van der Waals surface area (Å²) in [6.45, 7) is 1.95. The quantitative estimate of drug-likeness (QED) is 0.205. The number of nitrogens with zero attached hydrogens (tertiary/aromatic N) is 7. The van der Waals surface area contributed by atoms with Crippen LogP contribution in [0.25, 0.3) is 17.1 Å². The van der Waals surface area contributed by atoms with Crippen molar-refractivity contribution < 1.29 is 4.79 Å². The number of carbonyl (C=O) groups is 1. The van der Waals surface area contributed by atoms with Gasteiger partial charge in [-0.25, -0.2) is 4.98 Å². The predicted molar refractivity (Wildman–Crippen MR) is 156 cm³/mol. The van der Waals surface area contributed by atoms with Crippen LogP contribution in [-0.2, 0) is 12.3 Å². The Kier molecular flexibility index (Phi) is 8.77. The number of benzene rings is 2. The lowest BCUT2D eigenvalue weighted by Crippen LogP contribution is -2.36. The van der Waals surface area contributed by atoms with Gasteiger partial charge in [0.25, 0.3) is 5.91 Å². The molecule has 1 amide bonds. The van der Waals surface area contributed by atoms with E-state index in [0.717, 1.165) is 39.3 Å². The van der Waals surface area contributed by atoms with E-state index in [-0.39, 0.29) is 5.91 Å². The van der Waals surface area contributed by atoms with E-state index in [1.165, 1.54) is 11.3 Å². The SMILES string of the molecule is CN(C)CCN(Cc1ccccc1)C(=O)c1csc(CSc2nnc(-c3cccnc3)n2-c2ccccc2)n1. The first kappa shape index (κ1) is 26.7. The minimum atomic E-state index is -0.0560. The highest BCUT2D eigenvalue weighted by Gasteiger charge is 2.21. The summed E-state index contributed by atoms with van der Waals surface area (Å²) in [7, 11) is 4.02. The van der Waals surface area contributed by atoms with Crippen molar-refractivity contribution in [3.8, 4) is 17.1 Å². The molecule has 0 unspecified atom stereocenters. The van der Waals surface area contributed by atoms with Crippen LogP contribution >= 0.6 is 23.1 Å². The average molecular weight is 556 g/mol. The molecule has 5 aromatic rings. The lowest BCUT2D eigenvalue weighted by molar-refractivity contribution is 0.0726. The first-order valence-corrected chi connectivity index (χ1v) is 14.4. The number of para-hydroxylation sites is 1. The zero-order valence-electron chi connectivity index (χ0n) is 21.8. The summed E-state index contributed by atoms with van der Waals surface area (Å²) in [5.41, 5.74) is 3.43. The Morgan fingerprint density at radius 1 is 0.949 bits per heavy atom. The van der Waals surface area contributed by atoms with Crippen molar-refractivity contribution in [1.82, 2.24) is 34.5 Å². The fourth-order valence-electron chi connectivity index (χ4n) is 4.00. The number of thioether (sulfide) groups is 1. The molecule has 0 spiro atoms. The summed E-state index contributed by atoms with van der Waals surface area (Å²) in [6.07, 6.45) is 3.53. The van der Waals surface area contributed by atoms with E-state index < -0.39 is 0 Å². The number of hydrogen-bond donors (Lipinski definition) is 0. The van der Waals surface area contributed by atoms with Gasteiger partial charge in [-0.05, 0) is 43.9 Å². The number of aromatic nitrogens is 5. The molecule has 39 heavy (non-hydrogen) atoms. The minimum absolute atomic E-state index is 0.0560. The molecule has 10 heteroatoms. The van der Waals surface area contributed by atoms with Gasteiger partial charge in [0.1, 0.15) is 10.7 Å². The molecule has 198 valence electrons. The summed E-state index contributed by atoms with van der Waals surface area (Å²) in [5.74, 6) is 1.25. The van der Waals surface area contributed by atoms with Crippen molar-refractivity contribution in [3.63, 3.8) is 0 Å². The summed E-state index contributed by atoms with van der Waals surface area (Å²) in [4.78, 5) is 26.4. The van der Waals surface area contributed by atoms with E-state index >= 15 is 0 Å². The molecule has 0 aliphatic heterocycles. The number of carbonyl (C=O) groups excluding carboxylic acids is 1. The van der Waals surface area contributed by atoms with Gasteiger partial charge in [-0.2, -0.15) is 0 Å². The van der Waals surface area contributed by atoms with Crippen LogP contribution in [0.3, 0.4) is 0 Å². The molecular formula is C29H29N7OS2. The highest BCUT2D eigenvalue weighted by atomic mass is 32.2. The standard InChI is InChI=1S/C29H29N7OS2/c1-34(2)16-17-35(19-22-10-5-3-6-11-22)28(37)25-20-38-26(31-25)21-39-29-33-32-27(23-12-9-15-30-18-23)36(29)24-13-7-4-8-14-24/h3-15,18,20H,16-17,19,21H2,1-2H3. The molecular weight excluding hydrogens is 527 g/mol. The molecule has 8 nitrogen and oxygen atoms in total. The van der Waals surface area contributed by atoms with Gasteiger partial charge in [0, 0.05) is 48.7 Å². The Balaban J connectivity index is 1.33. The Morgan fingerprint density at radius 2 is 1.72 bits per heavy atom. The molecule has 0 saturated carbocycles. The second-order valence-corrected chi connectivity index (χ2v) is 11.0. The number of pyridine rings is 1. The lowest BCUT2D eigenvalue weighted by atomic mass is 10.2. The fraction of sp³-hybridized carbons (Fsp3) is 0.207. The van der Waals surface area contributed by atoms with Crippen LogP contribution in [0.2, 0.25) is 0 Å². The molecule has 0 bridgehead atoms. The van der Waals surface area contributed by atoms with Crippen LogP contribution in [-0.4, -0.2) is 67.6 Å². The summed E-state index contributed by atoms with van der Waals surface area (Å²) >= 11 is 3.04. The van der Waals surface area contributed by atoms with Crippen LogP contribution < -0.4 is 0 Å². The van der Waals surface area contributed by atoms with Crippen LogP contribution in [0.5, 0.6) is 0 Å². The van der Waals surface area contributed by atoms with Gasteiger partial charge in [0.15, 0.2) is 11.0 Å². The van der Waals surface area contributed by atoms with Crippen LogP contribution in [0.15, 0.2) is 95.7 Å². The van der Waals surface area contributed by atoms with Crippen LogP contribution in [0.1, 0.15) is 21.1 Å². The Morgan fingerprint density at radius 3 is 2.44 bits per heavy atom. The average Bonchev–Trinajstić information content (AvgIpc) is 3.63. The molecule has 0 radical (unpaired) electrons. The van der Waals surface area contributed by atoms with Crippen molar-refractivity contribution in [2.24, 2.45) is 0 Å². The highest BCUT2D eigenvalue weighted by molar-refractivity contribution is 7.98. The van der Waals surface area contributed by atoms with Crippen molar-refractivity contribution in [2.45, 2.75) is 17.5 Å².